The van der Waals surface area contributed by atoms with Crippen molar-refractivity contribution in [3.05, 3.63) is 12.2 Å². The number of hydrogen-bond acceptors (Lipinski definition) is 9. The summed E-state index contributed by atoms with van der Waals surface area (Å²) in [6.45, 7) is 2.79. The Hall–Kier alpha value is -1.78. The second-order valence-corrected chi connectivity index (χ2v) is 15.6. The lowest BCUT2D eigenvalue weighted by Gasteiger charge is -2.20. The summed E-state index contributed by atoms with van der Waals surface area (Å²) in [6, 6.07) is -1.52. The topological polar surface area (TPSA) is 172 Å². The smallest absolute Gasteiger partial charge is 0.472 e. The Morgan fingerprint density at radius 1 is 0.577 bits per heavy atom. The van der Waals surface area contributed by atoms with Crippen molar-refractivity contribution in [1.82, 2.24) is 0 Å². The van der Waals surface area contributed by atoms with E-state index < -0.39 is 51.1 Å². The van der Waals surface area contributed by atoms with Gasteiger partial charge in [0.25, 0.3) is 0 Å². The van der Waals surface area contributed by atoms with Gasteiger partial charge in [-0.1, -0.05) is 154 Å². The number of unbranched alkanes of at least 4 members (excludes halogenated alkanes) is 23. The molecule has 0 aromatic heterocycles. The minimum atomic E-state index is -4.71. The number of carboxylic acid groups (broad SMARTS) is 1. The molecule has 0 aliphatic heterocycles. The number of carbonyl (C=O) groups excluding carboxylic acids is 2. The molecule has 3 atom stereocenters. The summed E-state index contributed by atoms with van der Waals surface area (Å²) in [5, 5.41) is 8.87. The molecular weight excluding hydrogens is 685 g/mol. The van der Waals surface area contributed by atoms with Crippen LogP contribution in [0.3, 0.4) is 0 Å². The molecule has 0 rings (SSSR count). The molecule has 0 aromatic rings. The van der Waals surface area contributed by atoms with E-state index in [0.29, 0.717) is 12.8 Å². The molecule has 0 radical (unpaired) electrons. The average molecular weight is 762 g/mol. The van der Waals surface area contributed by atoms with Gasteiger partial charge < -0.3 is 25.2 Å². The van der Waals surface area contributed by atoms with E-state index in [-0.39, 0.29) is 19.4 Å². The standard InChI is InChI=1S/C40H76NO10P/c1-3-5-7-9-11-13-15-17-18-20-22-24-26-28-30-32-39(43)51-36(34-49-52(46,47)50-35-37(41)40(44)45)33-48-38(42)31-29-27-25-23-21-19-16-14-12-10-8-6-4-2/h13,15,36-37H,3-12,14,16-35,41H2,1-2H3,(H,44,45)(H,46,47)/b15-13+/t36-,37+/m1/s1. The molecule has 12 heteroatoms. The molecule has 1 unspecified atom stereocenters. The Balaban J connectivity index is 4.38. The third kappa shape index (κ3) is 35.3. The third-order valence-electron chi connectivity index (χ3n) is 9.01. The van der Waals surface area contributed by atoms with E-state index in [4.69, 9.17) is 24.8 Å². The highest BCUT2D eigenvalue weighted by atomic mass is 31.2. The van der Waals surface area contributed by atoms with Gasteiger partial charge in [0, 0.05) is 12.8 Å². The van der Waals surface area contributed by atoms with E-state index in [2.05, 4.69) is 30.5 Å². The van der Waals surface area contributed by atoms with Crippen LogP contribution in [0.2, 0.25) is 0 Å². The highest BCUT2D eigenvalue weighted by Crippen LogP contribution is 2.43. The van der Waals surface area contributed by atoms with E-state index in [9.17, 15) is 23.8 Å². The van der Waals surface area contributed by atoms with Gasteiger partial charge in [-0.05, 0) is 38.5 Å². The molecule has 0 spiro atoms. The van der Waals surface area contributed by atoms with Crippen LogP contribution in [-0.4, -0.2) is 59.9 Å². The minimum Gasteiger partial charge on any atom is -0.480 e. The van der Waals surface area contributed by atoms with Crippen LogP contribution in [0, 0.1) is 0 Å². The molecular formula is C40H76NO10P. The molecule has 0 heterocycles. The van der Waals surface area contributed by atoms with Gasteiger partial charge in [0.05, 0.1) is 13.2 Å². The van der Waals surface area contributed by atoms with Crippen LogP contribution in [0.15, 0.2) is 12.2 Å². The third-order valence-corrected chi connectivity index (χ3v) is 9.96. The number of phosphoric acid groups is 1. The maximum absolute atomic E-state index is 12.6. The van der Waals surface area contributed by atoms with Crippen LogP contribution in [0.5, 0.6) is 0 Å². The van der Waals surface area contributed by atoms with Crippen molar-refractivity contribution in [2.45, 2.75) is 206 Å². The lowest BCUT2D eigenvalue weighted by molar-refractivity contribution is -0.161. The number of carbonyl (C=O) groups is 3. The molecule has 0 fully saturated rings. The fraction of sp³-hybridized carbons (Fsp3) is 0.875. The quantitative estimate of drug-likeness (QED) is 0.0235. The molecule has 0 saturated heterocycles. The number of phosphoric ester groups is 1. The number of esters is 2. The van der Waals surface area contributed by atoms with E-state index >= 15 is 0 Å². The normalized spacial score (nSPS) is 13.9. The summed E-state index contributed by atoms with van der Waals surface area (Å²) < 4.78 is 32.6. The number of ether oxygens (including phenoxy) is 2. The first kappa shape index (κ1) is 50.2. The summed E-state index contributed by atoms with van der Waals surface area (Å²) in [5.74, 6) is -2.37. The molecule has 52 heavy (non-hydrogen) atoms. The van der Waals surface area contributed by atoms with Gasteiger partial charge in [-0.2, -0.15) is 0 Å². The second kappa shape index (κ2) is 36.2. The van der Waals surface area contributed by atoms with Crippen molar-refractivity contribution in [2.75, 3.05) is 19.8 Å². The summed E-state index contributed by atoms with van der Waals surface area (Å²) in [4.78, 5) is 45.8. The molecule has 4 N–H and O–H groups in total. The Kier molecular flexibility index (Phi) is 35.0. The van der Waals surface area contributed by atoms with Crippen LogP contribution in [-0.2, 0) is 37.5 Å². The first-order valence-electron chi connectivity index (χ1n) is 20.7. The van der Waals surface area contributed by atoms with Crippen molar-refractivity contribution >= 4 is 25.7 Å². The van der Waals surface area contributed by atoms with Crippen LogP contribution < -0.4 is 5.73 Å². The van der Waals surface area contributed by atoms with Gasteiger partial charge in [0.1, 0.15) is 12.6 Å². The Bertz CT molecular complexity index is 947. The maximum atomic E-state index is 12.6. The predicted octanol–water partition coefficient (Wildman–Crippen LogP) is 10.5. The van der Waals surface area contributed by atoms with Crippen LogP contribution in [0.25, 0.3) is 0 Å². The zero-order chi connectivity index (χ0) is 38.5. The van der Waals surface area contributed by atoms with Crippen molar-refractivity contribution in [1.29, 1.82) is 0 Å². The number of aliphatic carboxylic acids is 1. The molecule has 0 saturated carbocycles. The van der Waals surface area contributed by atoms with Crippen molar-refractivity contribution in [3.63, 3.8) is 0 Å². The molecule has 0 aliphatic rings. The zero-order valence-electron chi connectivity index (χ0n) is 32.9. The largest absolute Gasteiger partial charge is 0.480 e. The number of allylic oxidation sites excluding steroid dienone is 2. The molecule has 0 amide bonds. The number of rotatable bonds is 39. The maximum Gasteiger partial charge on any atom is 0.472 e. The monoisotopic (exact) mass is 762 g/mol. The van der Waals surface area contributed by atoms with Crippen molar-refractivity contribution < 1.29 is 47.5 Å². The van der Waals surface area contributed by atoms with E-state index in [1.54, 1.807) is 0 Å². The molecule has 0 aromatic carbocycles. The van der Waals surface area contributed by atoms with Crippen LogP contribution in [0.4, 0.5) is 0 Å². The minimum absolute atomic E-state index is 0.160. The van der Waals surface area contributed by atoms with E-state index in [1.165, 1.54) is 109 Å². The SMILES string of the molecule is CCCCCC/C=C/CCCCCCCCCC(=O)O[C@H](COC(=O)CCCCCCCCCCCCCCC)COP(=O)(O)OC[C@H](N)C(=O)O. The Morgan fingerprint density at radius 3 is 1.42 bits per heavy atom. The summed E-state index contributed by atoms with van der Waals surface area (Å²) in [5.41, 5.74) is 5.32. The first-order chi connectivity index (χ1) is 25.1. The fourth-order valence-electron chi connectivity index (χ4n) is 5.71. The average Bonchev–Trinajstić information content (AvgIpc) is 3.12. The number of nitrogens with two attached hydrogens (primary N) is 1. The fourth-order valence-corrected chi connectivity index (χ4v) is 6.48. The van der Waals surface area contributed by atoms with Gasteiger partial charge in [0.15, 0.2) is 6.10 Å². The van der Waals surface area contributed by atoms with Gasteiger partial charge in [0.2, 0.25) is 0 Å². The van der Waals surface area contributed by atoms with Gasteiger partial charge >= 0.3 is 25.7 Å². The Labute approximate surface area is 316 Å². The highest BCUT2D eigenvalue weighted by Gasteiger charge is 2.28. The predicted molar refractivity (Wildman–Crippen MR) is 208 cm³/mol. The van der Waals surface area contributed by atoms with E-state index in [0.717, 1.165) is 44.9 Å². The molecule has 11 nitrogen and oxygen atoms in total. The number of carboxylic acids is 1. The first-order valence-corrected chi connectivity index (χ1v) is 22.2. The van der Waals surface area contributed by atoms with Gasteiger partial charge in [-0.25, -0.2) is 4.57 Å². The van der Waals surface area contributed by atoms with E-state index in [1.807, 2.05) is 0 Å². The molecule has 306 valence electrons. The summed E-state index contributed by atoms with van der Waals surface area (Å²) in [6.07, 6.45) is 34.1. The zero-order valence-corrected chi connectivity index (χ0v) is 33.8. The Morgan fingerprint density at radius 2 is 0.962 bits per heavy atom. The van der Waals surface area contributed by atoms with Crippen LogP contribution in [0.1, 0.15) is 194 Å². The van der Waals surface area contributed by atoms with Gasteiger partial charge in [-0.15, -0.1) is 0 Å². The number of hydrogen-bond donors (Lipinski definition) is 3. The summed E-state index contributed by atoms with van der Waals surface area (Å²) >= 11 is 0. The molecule has 0 bridgehead atoms. The van der Waals surface area contributed by atoms with Crippen molar-refractivity contribution in [2.24, 2.45) is 5.73 Å². The summed E-state index contributed by atoms with van der Waals surface area (Å²) in [7, 11) is -4.71. The van der Waals surface area contributed by atoms with Crippen molar-refractivity contribution in [3.8, 4) is 0 Å². The highest BCUT2D eigenvalue weighted by molar-refractivity contribution is 7.47. The lowest BCUT2D eigenvalue weighted by atomic mass is 10.0. The van der Waals surface area contributed by atoms with Gasteiger partial charge in [-0.3, -0.25) is 23.4 Å². The molecule has 0 aliphatic carbocycles. The second-order valence-electron chi connectivity index (χ2n) is 14.1. The lowest BCUT2D eigenvalue weighted by Crippen LogP contribution is -2.34. The van der Waals surface area contributed by atoms with Crippen LogP contribution >= 0.6 is 7.82 Å².